The van der Waals surface area contributed by atoms with Gasteiger partial charge < -0.3 is 9.47 Å². The fourth-order valence-electron chi connectivity index (χ4n) is 3.18. The van der Waals surface area contributed by atoms with Gasteiger partial charge in [0.25, 0.3) is 0 Å². The fourth-order valence-corrected chi connectivity index (χ4v) is 4.18. The third kappa shape index (κ3) is 4.69. The molecule has 0 amide bonds. The first-order valence-electron chi connectivity index (χ1n) is 9.69. The summed E-state index contributed by atoms with van der Waals surface area (Å²) in [5.41, 5.74) is 2.39. The summed E-state index contributed by atoms with van der Waals surface area (Å²) in [6.45, 7) is 3.19. The average Bonchev–Trinajstić information content (AvgIpc) is 2.77. The second-order valence-corrected chi connectivity index (χ2v) is 8.85. The van der Waals surface area contributed by atoms with E-state index >= 15 is 0 Å². The van der Waals surface area contributed by atoms with E-state index in [-0.39, 0.29) is 11.4 Å². The minimum atomic E-state index is -3.66. The van der Waals surface area contributed by atoms with Crippen LogP contribution in [0, 0.1) is 11.8 Å². The number of benzene rings is 2. The molecule has 1 fully saturated rings. The van der Waals surface area contributed by atoms with Crippen LogP contribution in [0.2, 0.25) is 0 Å². The first-order chi connectivity index (χ1) is 14.5. The van der Waals surface area contributed by atoms with Crippen molar-refractivity contribution in [2.75, 3.05) is 13.2 Å². The first kappa shape index (κ1) is 20.5. The highest BCUT2D eigenvalue weighted by atomic mass is 32.2. The second kappa shape index (κ2) is 8.54. The highest BCUT2D eigenvalue weighted by molar-refractivity contribution is 7.89. The van der Waals surface area contributed by atoms with Gasteiger partial charge in [0, 0.05) is 30.6 Å². The Morgan fingerprint density at radius 3 is 2.57 bits per heavy atom. The number of nitrogens with zero attached hydrogens (tertiary/aromatic N) is 1. The molecule has 6 nitrogen and oxygen atoms in total. The molecule has 0 bridgehead atoms. The van der Waals surface area contributed by atoms with Gasteiger partial charge in [-0.05, 0) is 54.3 Å². The molecule has 30 heavy (non-hydrogen) atoms. The molecule has 4 rings (SSSR count). The van der Waals surface area contributed by atoms with E-state index in [0.29, 0.717) is 18.8 Å². The van der Waals surface area contributed by atoms with Gasteiger partial charge >= 0.3 is 0 Å². The lowest BCUT2D eigenvalue weighted by atomic mass is 10.1. The molecule has 2 aromatic carbocycles. The maximum Gasteiger partial charge on any atom is 0.240 e. The first-order valence-corrected chi connectivity index (χ1v) is 11.2. The van der Waals surface area contributed by atoms with Crippen LogP contribution in [0.4, 0.5) is 0 Å². The van der Waals surface area contributed by atoms with Gasteiger partial charge in [-0.2, -0.15) is 0 Å². The molecule has 1 aliphatic rings. The van der Waals surface area contributed by atoms with Crippen molar-refractivity contribution in [2.24, 2.45) is 0 Å². The van der Waals surface area contributed by atoms with Gasteiger partial charge in [0.1, 0.15) is 0 Å². The molecule has 1 saturated heterocycles. The van der Waals surface area contributed by atoms with E-state index in [0.717, 1.165) is 22.9 Å². The van der Waals surface area contributed by atoms with E-state index in [2.05, 4.69) is 21.5 Å². The van der Waals surface area contributed by atoms with Crippen molar-refractivity contribution in [1.29, 1.82) is 0 Å². The maximum absolute atomic E-state index is 12.7. The van der Waals surface area contributed by atoms with Crippen LogP contribution in [0.15, 0.2) is 65.7 Å². The number of para-hydroxylation sites is 1. The van der Waals surface area contributed by atoms with Gasteiger partial charge in [0.15, 0.2) is 0 Å². The second-order valence-electron chi connectivity index (χ2n) is 7.08. The van der Waals surface area contributed by atoms with E-state index in [1.165, 1.54) is 0 Å². The largest absolute Gasteiger partial charge is 0.340 e. The van der Waals surface area contributed by atoms with Crippen molar-refractivity contribution in [3.05, 3.63) is 71.9 Å². The molecule has 0 aliphatic carbocycles. The van der Waals surface area contributed by atoms with Crippen LogP contribution < -0.4 is 4.72 Å². The molecular formula is C23H22N2O4S. The van der Waals surface area contributed by atoms with Crippen LogP contribution in [0.25, 0.3) is 10.9 Å². The van der Waals surface area contributed by atoms with E-state index in [1.807, 2.05) is 30.3 Å². The standard InChI is InChI=1S/C23H22N2O4S/c1-23(28-15-4-16-29-23)13-11-18-7-9-20(10-8-18)30(26,27)25-17-19-12-14-24-22-6-3-2-5-21(19)22/h2-3,5-10,12,14,25H,4,15-17H2,1H3. The molecule has 1 aromatic heterocycles. The van der Waals surface area contributed by atoms with Crippen molar-refractivity contribution in [1.82, 2.24) is 9.71 Å². The molecule has 0 atom stereocenters. The summed E-state index contributed by atoms with van der Waals surface area (Å²) in [7, 11) is -3.66. The van der Waals surface area contributed by atoms with Crippen LogP contribution in [0.3, 0.4) is 0 Å². The zero-order chi connectivity index (χ0) is 21.0. The molecular weight excluding hydrogens is 400 g/mol. The van der Waals surface area contributed by atoms with Crippen LogP contribution >= 0.6 is 0 Å². The Hall–Kier alpha value is -2.76. The summed E-state index contributed by atoms with van der Waals surface area (Å²) < 4.78 is 39.2. The molecule has 2 heterocycles. The smallest absolute Gasteiger partial charge is 0.240 e. The number of rotatable bonds is 4. The van der Waals surface area contributed by atoms with Gasteiger partial charge in [0.05, 0.1) is 23.6 Å². The Balaban J connectivity index is 1.47. The monoisotopic (exact) mass is 422 g/mol. The lowest BCUT2D eigenvalue weighted by Crippen LogP contribution is -2.35. The van der Waals surface area contributed by atoms with E-state index < -0.39 is 15.8 Å². The number of fused-ring (bicyclic) bond motifs is 1. The van der Waals surface area contributed by atoms with Crippen molar-refractivity contribution < 1.29 is 17.9 Å². The normalized spacial score (nSPS) is 16.0. The van der Waals surface area contributed by atoms with Gasteiger partial charge in [-0.3, -0.25) is 4.98 Å². The Kier molecular flexibility index (Phi) is 5.84. The third-order valence-corrected chi connectivity index (χ3v) is 6.25. The third-order valence-electron chi connectivity index (χ3n) is 4.83. The Morgan fingerprint density at radius 2 is 1.80 bits per heavy atom. The summed E-state index contributed by atoms with van der Waals surface area (Å²) >= 11 is 0. The summed E-state index contributed by atoms with van der Waals surface area (Å²) in [6.07, 6.45) is 2.53. The van der Waals surface area contributed by atoms with E-state index in [4.69, 9.17) is 9.47 Å². The molecule has 1 N–H and O–H groups in total. The number of hydrogen-bond acceptors (Lipinski definition) is 5. The zero-order valence-corrected chi connectivity index (χ0v) is 17.4. The Bertz CT molecular complexity index is 1200. The molecule has 1 aliphatic heterocycles. The van der Waals surface area contributed by atoms with Gasteiger partial charge in [-0.1, -0.05) is 24.1 Å². The Morgan fingerprint density at radius 1 is 1.07 bits per heavy atom. The maximum atomic E-state index is 12.7. The average molecular weight is 423 g/mol. The van der Waals surface area contributed by atoms with E-state index in [9.17, 15) is 8.42 Å². The van der Waals surface area contributed by atoms with Gasteiger partial charge in [-0.15, -0.1) is 0 Å². The quantitative estimate of drug-likeness (QED) is 0.654. The lowest BCUT2D eigenvalue weighted by molar-refractivity contribution is -0.218. The predicted octanol–water partition coefficient (Wildman–Crippen LogP) is 3.22. The zero-order valence-electron chi connectivity index (χ0n) is 16.6. The molecule has 0 radical (unpaired) electrons. The number of nitrogens with one attached hydrogen (secondary N) is 1. The molecule has 0 spiro atoms. The SMILES string of the molecule is CC1(C#Cc2ccc(S(=O)(=O)NCc3ccnc4ccccc34)cc2)OCCCO1. The van der Waals surface area contributed by atoms with Gasteiger partial charge in [0.2, 0.25) is 15.8 Å². The molecule has 0 saturated carbocycles. The van der Waals surface area contributed by atoms with E-state index in [1.54, 1.807) is 37.4 Å². The van der Waals surface area contributed by atoms with Gasteiger partial charge in [-0.25, -0.2) is 13.1 Å². The van der Waals surface area contributed by atoms with Crippen molar-refractivity contribution in [3.8, 4) is 11.8 Å². The molecule has 7 heteroatoms. The molecule has 154 valence electrons. The predicted molar refractivity (Wildman–Crippen MR) is 114 cm³/mol. The highest BCUT2D eigenvalue weighted by Gasteiger charge is 2.26. The van der Waals surface area contributed by atoms with Crippen molar-refractivity contribution in [2.45, 2.75) is 30.6 Å². The number of hydrogen-bond donors (Lipinski definition) is 1. The Labute approximate surface area is 176 Å². The lowest BCUT2D eigenvalue weighted by Gasteiger charge is -2.28. The van der Waals surface area contributed by atoms with Crippen LogP contribution in [0.5, 0.6) is 0 Å². The van der Waals surface area contributed by atoms with Crippen LogP contribution in [-0.2, 0) is 26.0 Å². The molecule has 0 unspecified atom stereocenters. The van der Waals surface area contributed by atoms with Crippen LogP contribution in [-0.4, -0.2) is 32.4 Å². The minimum absolute atomic E-state index is 0.181. The summed E-state index contributed by atoms with van der Waals surface area (Å²) in [5, 5.41) is 0.925. The molecule has 3 aromatic rings. The summed E-state index contributed by atoms with van der Waals surface area (Å²) in [4.78, 5) is 4.49. The summed E-state index contributed by atoms with van der Waals surface area (Å²) in [6, 6.07) is 15.9. The number of aromatic nitrogens is 1. The number of sulfonamides is 1. The number of ether oxygens (including phenoxy) is 2. The fraction of sp³-hybridized carbons (Fsp3) is 0.261. The highest BCUT2D eigenvalue weighted by Crippen LogP contribution is 2.19. The summed E-state index contributed by atoms with van der Waals surface area (Å²) in [5.74, 6) is 5.04. The van der Waals surface area contributed by atoms with Crippen LogP contribution in [0.1, 0.15) is 24.5 Å². The number of pyridine rings is 1. The topological polar surface area (TPSA) is 77.5 Å². The van der Waals surface area contributed by atoms with Crippen molar-refractivity contribution in [3.63, 3.8) is 0 Å². The van der Waals surface area contributed by atoms with Crippen molar-refractivity contribution >= 4 is 20.9 Å². The minimum Gasteiger partial charge on any atom is -0.340 e.